The van der Waals surface area contributed by atoms with E-state index in [9.17, 15) is 4.79 Å². The number of aromatic nitrogens is 2. The van der Waals surface area contributed by atoms with Crippen LogP contribution in [0.4, 0.5) is 0 Å². The van der Waals surface area contributed by atoms with E-state index >= 15 is 0 Å². The van der Waals surface area contributed by atoms with Crippen LogP contribution in [-0.4, -0.2) is 29.2 Å². The van der Waals surface area contributed by atoms with Crippen molar-refractivity contribution in [2.24, 2.45) is 0 Å². The molecule has 4 aromatic rings. The molecule has 4 rings (SSSR count). The van der Waals surface area contributed by atoms with Gasteiger partial charge in [0.15, 0.2) is 0 Å². The molecule has 5 nitrogen and oxygen atoms in total. The molecule has 0 saturated carbocycles. The summed E-state index contributed by atoms with van der Waals surface area (Å²) in [4.78, 5) is 16.8. The molecule has 0 aliphatic carbocycles. The van der Waals surface area contributed by atoms with Gasteiger partial charge >= 0.3 is 0 Å². The molecule has 0 aliphatic heterocycles. The Hall–Kier alpha value is -3.18. The first-order valence-electron chi connectivity index (χ1n) is 9.37. The van der Waals surface area contributed by atoms with Crippen LogP contribution in [0.25, 0.3) is 21.8 Å². The molecule has 5 heteroatoms. The largest absolute Gasteiger partial charge is 0.375 e. The van der Waals surface area contributed by atoms with E-state index in [2.05, 4.69) is 52.3 Å². The Morgan fingerprint density at radius 1 is 1.07 bits per heavy atom. The minimum Gasteiger partial charge on any atom is -0.375 e. The highest BCUT2D eigenvalue weighted by atomic mass is 16.5. The number of methoxy groups -OCH3 is 1. The molecule has 1 amide bonds. The van der Waals surface area contributed by atoms with E-state index in [-0.39, 0.29) is 18.6 Å². The second-order valence-electron chi connectivity index (χ2n) is 6.95. The fourth-order valence-corrected chi connectivity index (χ4v) is 3.59. The standard InChI is InChI=1S/C23H23N3O2/c1-16(24-22(27)15-28-2)23-25-20-9-5-6-10-21(20)26(23)14-17-11-12-18-7-3-4-8-19(18)13-17/h3-13,16H,14-15H2,1-2H3,(H,24,27). The summed E-state index contributed by atoms with van der Waals surface area (Å²) in [6.07, 6.45) is 0. The Kier molecular flexibility index (Phi) is 5.08. The predicted molar refractivity (Wildman–Crippen MR) is 111 cm³/mol. The van der Waals surface area contributed by atoms with E-state index in [0.717, 1.165) is 16.9 Å². The second-order valence-corrected chi connectivity index (χ2v) is 6.95. The SMILES string of the molecule is COCC(=O)NC(C)c1nc2ccccc2n1Cc1ccc2ccccc2c1. The molecular weight excluding hydrogens is 350 g/mol. The lowest BCUT2D eigenvalue weighted by atomic mass is 10.1. The van der Waals surface area contributed by atoms with E-state index < -0.39 is 0 Å². The number of imidazole rings is 1. The Balaban J connectivity index is 1.72. The quantitative estimate of drug-likeness (QED) is 0.554. The number of nitrogens with zero attached hydrogens (tertiary/aromatic N) is 2. The number of hydrogen-bond acceptors (Lipinski definition) is 3. The van der Waals surface area contributed by atoms with Crippen LogP contribution in [0, 0.1) is 0 Å². The zero-order valence-electron chi connectivity index (χ0n) is 16.1. The summed E-state index contributed by atoms with van der Waals surface area (Å²) in [7, 11) is 1.51. The van der Waals surface area contributed by atoms with Crippen molar-refractivity contribution in [1.29, 1.82) is 0 Å². The van der Waals surface area contributed by atoms with Crippen LogP contribution >= 0.6 is 0 Å². The summed E-state index contributed by atoms with van der Waals surface area (Å²) in [5, 5.41) is 5.41. The van der Waals surface area contributed by atoms with E-state index in [4.69, 9.17) is 9.72 Å². The maximum Gasteiger partial charge on any atom is 0.246 e. The first-order chi connectivity index (χ1) is 13.7. The molecule has 1 aromatic heterocycles. The van der Waals surface area contributed by atoms with Crippen molar-refractivity contribution in [2.45, 2.75) is 19.5 Å². The minimum absolute atomic E-state index is 0.0369. The third-order valence-corrected chi connectivity index (χ3v) is 4.88. The van der Waals surface area contributed by atoms with Crippen LogP contribution in [0.1, 0.15) is 24.4 Å². The topological polar surface area (TPSA) is 56.1 Å². The molecule has 1 atom stereocenters. The molecule has 1 heterocycles. The number of nitrogens with one attached hydrogen (secondary N) is 1. The smallest absolute Gasteiger partial charge is 0.246 e. The number of amides is 1. The first kappa shape index (κ1) is 18.2. The average molecular weight is 373 g/mol. The van der Waals surface area contributed by atoms with Crippen molar-refractivity contribution in [1.82, 2.24) is 14.9 Å². The first-order valence-corrected chi connectivity index (χ1v) is 9.37. The van der Waals surface area contributed by atoms with Crippen molar-refractivity contribution >= 4 is 27.7 Å². The van der Waals surface area contributed by atoms with Gasteiger partial charge in [0.05, 0.1) is 17.1 Å². The van der Waals surface area contributed by atoms with E-state index in [1.165, 1.54) is 23.4 Å². The third kappa shape index (κ3) is 3.62. The van der Waals surface area contributed by atoms with Crippen LogP contribution in [-0.2, 0) is 16.1 Å². The molecule has 0 bridgehead atoms. The number of benzene rings is 3. The minimum atomic E-state index is -0.226. The lowest BCUT2D eigenvalue weighted by molar-refractivity contribution is -0.125. The van der Waals surface area contributed by atoms with Crippen LogP contribution in [0.3, 0.4) is 0 Å². The van der Waals surface area contributed by atoms with Crippen molar-refractivity contribution in [2.75, 3.05) is 13.7 Å². The fraction of sp³-hybridized carbons (Fsp3) is 0.217. The molecule has 0 aliphatic rings. The van der Waals surface area contributed by atoms with Gasteiger partial charge < -0.3 is 14.6 Å². The van der Waals surface area contributed by atoms with Crippen molar-refractivity contribution in [3.63, 3.8) is 0 Å². The van der Waals surface area contributed by atoms with E-state index in [1.807, 2.05) is 31.2 Å². The summed E-state index contributed by atoms with van der Waals surface area (Å²) in [5.41, 5.74) is 3.17. The number of hydrogen-bond donors (Lipinski definition) is 1. The van der Waals surface area contributed by atoms with E-state index in [0.29, 0.717) is 6.54 Å². The predicted octanol–water partition coefficient (Wildman–Crippen LogP) is 4.06. The maximum absolute atomic E-state index is 12.0. The Morgan fingerprint density at radius 2 is 1.82 bits per heavy atom. The zero-order chi connectivity index (χ0) is 19.5. The van der Waals surface area contributed by atoms with Gasteiger partial charge in [0.2, 0.25) is 5.91 Å². The molecule has 1 unspecified atom stereocenters. The van der Waals surface area contributed by atoms with Crippen LogP contribution in [0.2, 0.25) is 0 Å². The number of fused-ring (bicyclic) bond motifs is 2. The van der Waals surface area contributed by atoms with Crippen molar-refractivity contribution in [3.05, 3.63) is 78.1 Å². The monoisotopic (exact) mass is 373 g/mol. The van der Waals surface area contributed by atoms with Crippen LogP contribution < -0.4 is 5.32 Å². The molecule has 3 aromatic carbocycles. The highest BCUT2D eigenvalue weighted by Crippen LogP contribution is 2.24. The van der Waals surface area contributed by atoms with Gasteiger partial charge in [0.25, 0.3) is 0 Å². The number of para-hydroxylation sites is 2. The average Bonchev–Trinajstić information content (AvgIpc) is 3.07. The molecule has 0 radical (unpaired) electrons. The van der Waals surface area contributed by atoms with Gasteiger partial charge in [0.1, 0.15) is 12.4 Å². The molecule has 0 spiro atoms. The number of ether oxygens (including phenoxy) is 1. The van der Waals surface area contributed by atoms with Crippen LogP contribution in [0.5, 0.6) is 0 Å². The Bertz CT molecular complexity index is 1130. The van der Waals surface area contributed by atoms with Crippen molar-refractivity contribution in [3.8, 4) is 0 Å². The Morgan fingerprint density at radius 3 is 2.64 bits per heavy atom. The summed E-state index contributed by atoms with van der Waals surface area (Å²) < 4.78 is 7.10. The summed E-state index contributed by atoms with van der Waals surface area (Å²) in [5.74, 6) is 0.679. The number of carbonyl (C=O) groups excluding carboxylic acids is 1. The molecular formula is C23H23N3O2. The maximum atomic E-state index is 12.0. The van der Waals surface area contributed by atoms with Crippen LogP contribution in [0.15, 0.2) is 66.7 Å². The summed E-state index contributed by atoms with van der Waals surface area (Å²) in [6.45, 7) is 2.67. The normalized spacial score (nSPS) is 12.4. The molecule has 28 heavy (non-hydrogen) atoms. The zero-order valence-corrected chi connectivity index (χ0v) is 16.1. The molecule has 142 valence electrons. The summed E-state index contributed by atoms with van der Waals surface area (Å²) >= 11 is 0. The lowest BCUT2D eigenvalue weighted by Crippen LogP contribution is -2.31. The van der Waals surface area contributed by atoms with Gasteiger partial charge in [-0.25, -0.2) is 4.98 Å². The second kappa shape index (κ2) is 7.82. The highest BCUT2D eigenvalue weighted by Gasteiger charge is 2.18. The van der Waals surface area contributed by atoms with Gasteiger partial charge in [-0.2, -0.15) is 0 Å². The van der Waals surface area contributed by atoms with Crippen molar-refractivity contribution < 1.29 is 9.53 Å². The highest BCUT2D eigenvalue weighted by molar-refractivity contribution is 5.83. The van der Waals surface area contributed by atoms with Gasteiger partial charge in [0, 0.05) is 13.7 Å². The van der Waals surface area contributed by atoms with Gasteiger partial charge in [-0.1, -0.05) is 48.5 Å². The fourth-order valence-electron chi connectivity index (χ4n) is 3.59. The van der Waals surface area contributed by atoms with Gasteiger partial charge in [-0.05, 0) is 41.5 Å². The summed E-state index contributed by atoms with van der Waals surface area (Å²) in [6, 6.07) is 22.7. The number of carbonyl (C=O) groups is 1. The lowest BCUT2D eigenvalue weighted by Gasteiger charge is -2.16. The molecule has 0 fully saturated rings. The molecule has 1 N–H and O–H groups in total. The Labute approximate surface area is 164 Å². The third-order valence-electron chi connectivity index (χ3n) is 4.88. The van der Waals surface area contributed by atoms with Gasteiger partial charge in [-0.3, -0.25) is 4.79 Å². The molecule has 0 saturated heterocycles. The van der Waals surface area contributed by atoms with E-state index in [1.54, 1.807) is 0 Å². The van der Waals surface area contributed by atoms with Gasteiger partial charge in [-0.15, -0.1) is 0 Å². The number of rotatable bonds is 6.